The molecule has 6 nitrogen and oxygen atoms in total. The lowest BCUT2D eigenvalue weighted by molar-refractivity contribution is -0.133. The van der Waals surface area contributed by atoms with Crippen LogP contribution < -0.4 is 5.32 Å². The van der Waals surface area contributed by atoms with Gasteiger partial charge in [-0.15, -0.1) is 0 Å². The van der Waals surface area contributed by atoms with E-state index in [-0.39, 0.29) is 12.5 Å². The molecule has 1 N–H and O–H groups in total. The average Bonchev–Trinajstić information content (AvgIpc) is 2.69. The fourth-order valence-corrected chi connectivity index (χ4v) is 1.62. The molecule has 0 aromatic heterocycles. The van der Waals surface area contributed by atoms with Gasteiger partial charge in [0.25, 0.3) is 0 Å². The standard InChI is InChI=1S/C13H22N2O4/c1-9(2)13(8-16)6-10(15-19-13)7-14-11(17)18-12(3,4)5/h8-9H,6-7H2,1-5H3,(H,14,17). The third-order valence-electron chi connectivity index (χ3n) is 2.84. The monoisotopic (exact) mass is 270 g/mol. The summed E-state index contributed by atoms with van der Waals surface area (Å²) in [4.78, 5) is 27.8. The van der Waals surface area contributed by atoms with Crippen molar-refractivity contribution in [2.24, 2.45) is 11.1 Å². The second kappa shape index (κ2) is 5.59. The Morgan fingerprint density at radius 3 is 2.63 bits per heavy atom. The van der Waals surface area contributed by atoms with Gasteiger partial charge in [0.1, 0.15) is 5.60 Å². The first kappa shape index (κ1) is 15.5. The first-order valence-electron chi connectivity index (χ1n) is 6.35. The van der Waals surface area contributed by atoms with Crippen molar-refractivity contribution in [3.05, 3.63) is 0 Å². The van der Waals surface area contributed by atoms with Gasteiger partial charge < -0.3 is 14.9 Å². The van der Waals surface area contributed by atoms with Crippen molar-refractivity contribution in [2.75, 3.05) is 6.54 Å². The minimum absolute atomic E-state index is 0.0211. The molecule has 0 saturated carbocycles. The van der Waals surface area contributed by atoms with E-state index in [1.54, 1.807) is 20.8 Å². The molecule has 19 heavy (non-hydrogen) atoms. The van der Waals surface area contributed by atoms with Gasteiger partial charge in [0.15, 0.2) is 11.9 Å². The second-order valence-electron chi connectivity index (χ2n) is 6.01. The summed E-state index contributed by atoms with van der Waals surface area (Å²) in [5, 5.41) is 6.46. The summed E-state index contributed by atoms with van der Waals surface area (Å²) in [6, 6.07) is 0. The van der Waals surface area contributed by atoms with Gasteiger partial charge in [0, 0.05) is 12.3 Å². The molecule has 1 heterocycles. The number of hydrogen-bond acceptors (Lipinski definition) is 5. The highest BCUT2D eigenvalue weighted by atomic mass is 16.7. The molecule has 1 rings (SSSR count). The Morgan fingerprint density at radius 2 is 2.21 bits per heavy atom. The van der Waals surface area contributed by atoms with Crippen LogP contribution >= 0.6 is 0 Å². The van der Waals surface area contributed by atoms with E-state index >= 15 is 0 Å². The topological polar surface area (TPSA) is 77.0 Å². The molecule has 1 unspecified atom stereocenters. The zero-order valence-electron chi connectivity index (χ0n) is 12.1. The van der Waals surface area contributed by atoms with Gasteiger partial charge in [-0.2, -0.15) is 0 Å². The van der Waals surface area contributed by atoms with Gasteiger partial charge in [-0.3, -0.25) is 4.79 Å². The molecule has 1 aliphatic rings. The van der Waals surface area contributed by atoms with Crippen molar-refractivity contribution in [2.45, 2.75) is 52.2 Å². The van der Waals surface area contributed by atoms with E-state index in [1.807, 2.05) is 13.8 Å². The largest absolute Gasteiger partial charge is 0.444 e. The molecule has 0 saturated heterocycles. The average molecular weight is 270 g/mol. The highest BCUT2D eigenvalue weighted by molar-refractivity contribution is 5.93. The van der Waals surface area contributed by atoms with Crippen LogP contribution in [0.3, 0.4) is 0 Å². The number of ether oxygens (including phenoxy) is 1. The van der Waals surface area contributed by atoms with Crippen LogP contribution in [0.15, 0.2) is 5.16 Å². The molecular weight excluding hydrogens is 248 g/mol. The smallest absolute Gasteiger partial charge is 0.407 e. The fraction of sp³-hybridized carbons (Fsp3) is 0.769. The lowest BCUT2D eigenvalue weighted by Gasteiger charge is -2.23. The number of carbonyl (C=O) groups is 2. The number of nitrogens with one attached hydrogen (secondary N) is 1. The summed E-state index contributed by atoms with van der Waals surface area (Å²) in [5.41, 5.74) is -0.806. The Hall–Kier alpha value is -1.59. The molecule has 108 valence electrons. The molecule has 1 aliphatic heterocycles. The Labute approximate surface area is 113 Å². The number of alkyl carbamates (subject to hydrolysis) is 1. The Balaban J connectivity index is 2.45. The minimum Gasteiger partial charge on any atom is -0.444 e. The quantitative estimate of drug-likeness (QED) is 0.791. The Bertz CT molecular complexity index is 385. The van der Waals surface area contributed by atoms with E-state index in [1.165, 1.54) is 0 Å². The number of oxime groups is 1. The molecule has 0 fully saturated rings. The van der Waals surface area contributed by atoms with Crippen LogP contribution in [-0.4, -0.2) is 35.8 Å². The van der Waals surface area contributed by atoms with Crippen molar-refractivity contribution in [1.29, 1.82) is 0 Å². The van der Waals surface area contributed by atoms with Crippen molar-refractivity contribution >= 4 is 18.1 Å². The maximum atomic E-state index is 11.5. The zero-order chi connectivity index (χ0) is 14.7. The van der Waals surface area contributed by atoms with Crippen LogP contribution in [0.1, 0.15) is 41.0 Å². The zero-order valence-corrected chi connectivity index (χ0v) is 12.1. The van der Waals surface area contributed by atoms with Crippen molar-refractivity contribution in [3.8, 4) is 0 Å². The lowest BCUT2D eigenvalue weighted by atomic mass is 9.87. The molecule has 0 radical (unpaired) electrons. The van der Waals surface area contributed by atoms with E-state index < -0.39 is 17.3 Å². The van der Waals surface area contributed by atoms with Gasteiger partial charge in [-0.1, -0.05) is 19.0 Å². The van der Waals surface area contributed by atoms with Crippen LogP contribution in [0.25, 0.3) is 0 Å². The molecular formula is C13H22N2O4. The number of nitrogens with zero attached hydrogens (tertiary/aromatic N) is 1. The number of rotatable bonds is 4. The molecule has 0 aromatic carbocycles. The predicted molar refractivity (Wildman–Crippen MR) is 71.0 cm³/mol. The number of carbonyl (C=O) groups excluding carboxylic acids is 2. The molecule has 1 atom stereocenters. The molecule has 0 bridgehead atoms. The molecule has 0 aromatic rings. The first-order valence-corrected chi connectivity index (χ1v) is 6.35. The van der Waals surface area contributed by atoms with Crippen molar-refractivity contribution in [3.63, 3.8) is 0 Å². The second-order valence-corrected chi connectivity index (χ2v) is 6.01. The molecule has 1 amide bonds. The first-order chi connectivity index (χ1) is 8.68. The van der Waals surface area contributed by atoms with Crippen LogP contribution in [0, 0.1) is 5.92 Å². The Kier molecular flexibility index (Phi) is 4.55. The van der Waals surface area contributed by atoms with E-state index in [0.29, 0.717) is 12.1 Å². The maximum Gasteiger partial charge on any atom is 0.407 e. The van der Waals surface area contributed by atoms with Gasteiger partial charge >= 0.3 is 6.09 Å². The summed E-state index contributed by atoms with van der Waals surface area (Å²) < 4.78 is 5.11. The molecule has 0 aliphatic carbocycles. The van der Waals surface area contributed by atoms with Gasteiger partial charge in [0.2, 0.25) is 0 Å². The van der Waals surface area contributed by atoms with E-state index in [0.717, 1.165) is 6.29 Å². The van der Waals surface area contributed by atoms with Crippen LogP contribution in [-0.2, 0) is 14.4 Å². The predicted octanol–water partition coefficient (Wildman–Crippen LogP) is 1.88. The summed E-state index contributed by atoms with van der Waals surface area (Å²) >= 11 is 0. The number of hydrogen-bond donors (Lipinski definition) is 1. The van der Waals surface area contributed by atoms with E-state index in [2.05, 4.69) is 10.5 Å². The van der Waals surface area contributed by atoms with E-state index in [9.17, 15) is 9.59 Å². The van der Waals surface area contributed by atoms with Crippen molar-refractivity contribution in [1.82, 2.24) is 5.32 Å². The summed E-state index contributed by atoms with van der Waals surface area (Å²) in [6.45, 7) is 9.39. The van der Waals surface area contributed by atoms with Crippen LogP contribution in [0.4, 0.5) is 4.79 Å². The van der Waals surface area contributed by atoms with Crippen LogP contribution in [0.5, 0.6) is 0 Å². The number of aldehydes is 1. The summed E-state index contributed by atoms with van der Waals surface area (Å²) in [7, 11) is 0. The number of amides is 1. The van der Waals surface area contributed by atoms with Gasteiger partial charge in [-0.25, -0.2) is 4.79 Å². The van der Waals surface area contributed by atoms with Crippen molar-refractivity contribution < 1.29 is 19.2 Å². The minimum atomic E-state index is -0.898. The normalized spacial score (nSPS) is 22.7. The summed E-state index contributed by atoms with van der Waals surface area (Å²) in [6.07, 6.45) is 0.661. The fourth-order valence-electron chi connectivity index (χ4n) is 1.62. The SMILES string of the molecule is CC(C)C1(C=O)CC(CNC(=O)OC(C)(C)C)=NO1. The van der Waals surface area contributed by atoms with Gasteiger partial charge in [-0.05, 0) is 20.8 Å². The van der Waals surface area contributed by atoms with Gasteiger partial charge in [0.05, 0.1) is 12.3 Å². The highest BCUT2D eigenvalue weighted by Crippen LogP contribution is 2.29. The summed E-state index contributed by atoms with van der Waals surface area (Å²) in [5.74, 6) is 0.0211. The maximum absolute atomic E-state index is 11.5. The lowest BCUT2D eigenvalue weighted by Crippen LogP contribution is -2.39. The Morgan fingerprint density at radius 1 is 1.58 bits per heavy atom. The molecule has 0 spiro atoms. The van der Waals surface area contributed by atoms with Crippen LogP contribution in [0.2, 0.25) is 0 Å². The molecule has 6 heteroatoms. The third-order valence-corrected chi connectivity index (χ3v) is 2.84. The van der Waals surface area contributed by atoms with E-state index in [4.69, 9.17) is 9.57 Å². The third kappa shape index (κ3) is 4.22. The highest BCUT2D eigenvalue weighted by Gasteiger charge is 2.42.